The summed E-state index contributed by atoms with van der Waals surface area (Å²) in [7, 11) is 0. The van der Waals surface area contributed by atoms with Gasteiger partial charge in [-0.1, -0.05) is 32.4 Å². The average molecular weight is 706 g/mol. The first-order valence-corrected chi connectivity index (χ1v) is 16.9. The molecular formula is C33H55N9O8. The van der Waals surface area contributed by atoms with Crippen LogP contribution in [-0.2, 0) is 40.0 Å². The summed E-state index contributed by atoms with van der Waals surface area (Å²) in [5.41, 5.74) is 17.3. The molecule has 0 saturated heterocycles. The molecule has 17 heteroatoms. The fourth-order valence-corrected chi connectivity index (χ4v) is 4.85. The highest BCUT2D eigenvalue weighted by molar-refractivity contribution is 5.95. The van der Waals surface area contributed by atoms with Crippen LogP contribution in [0.2, 0.25) is 0 Å². The lowest BCUT2D eigenvalue weighted by Crippen LogP contribution is -2.58. The molecule has 50 heavy (non-hydrogen) atoms. The van der Waals surface area contributed by atoms with Crippen LogP contribution in [0, 0.1) is 5.92 Å². The summed E-state index contributed by atoms with van der Waals surface area (Å²) >= 11 is 0. The van der Waals surface area contributed by atoms with Crippen LogP contribution in [0.3, 0.4) is 0 Å². The van der Waals surface area contributed by atoms with Crippen LogP contribution in [0.15, 0.2) is 24.3 Å². The zero-order valence-corrected chi connectivity index (χ0v) is 29.2. The first kappa shape index (κ1) is 43.3. The van der Waals surface area contributed by atoms with Crippen molar-refractivity contribution in [2.45, 2.75) is 96.3 Å². The molecule has 0 heterocycles. The lowest BCUT2D eigenvalue weighted by molar-refractivity contribution is -0.134. The largest absolute Gasteiger partial charge is 0.508 e. The van der Waals surface area contributed by atoms with Crippen LogP contribution in [0.25, 0.3) is 0 Å². The molecule has 1 rings (SSSR count). The van der Waals surface area contributed by atoms with Crippen molar-refractivity contribution in [1.29, 1.82) is 0 Å². The third-order valence-corrected chi connectivity index (χ3v) is 7.94. The van der Waals surface area contributed by atoms with E-state index >= 15 is 0 Å². The molecule has 1 aromatic rings. The number of phenolic OH excluding ortho intramolecular Hbond substituents is 1. The minimum atomic E-state index is -1.07. The number of carbonyl (C=O) groups excluding carboxylic acids is 7. The Morgan fingerprint density at radius 1 is 0.700 bits per heavy atom. The van der Waals surface area contributed by atoms with E-state index in [1.165, 1.54) is 19.1 Å². The summed E-state index contributed by atoms with van der Waals surface area (Å²) < 4.78 is 0. The second-order valence-electron chi connectivity index (χ2n) is 12.1. The molecule has 0 bridgehead atoms. The molecule has 0 fully saturated rings. The number of unbranched alkanes of at least 4 members (excludes halogenated alkanes) is 2. The van der Waals surface area contributed by atoms with Crippen LogP contribution >= 0.6 is 0 Å². The molecule has 1 aromatic carbocycles. The Labute approximate surface area is 293 Å². The summed E-state index contributed by atoms with van der Waals surface area (Å²) in [5, 5.41) is 24.7. The zero-order chi connectivity index (χ0) is 37.6. The fourth-order valence-electron chi connectivity index (χ4n) is 4.85. The van der Waals surface area contributed by atoms with E-state index in [0.29, 0.717) is 57.2 Å². The summed E-state index contributed by atoms with van der Waals surface area (Å²) in [6.45, 7) is 4.60. The van der Waals surface area contributed by atoms with E-state index in [2.05, 4.69) is 31.9 Å². The first-order valence-electron chi connectivity index (χ1n) is 16.9. The van der Waals surface area contributed by atoms with E-state index in [-0.39, 0.29) is 24.5 Å². The zero-order valence-electron chi connectivity index (χ0n) is 29.2. The van der Waals surface area contributed by atoms with Crippen LogP contribution < -0.4 is 49.1 Å². The maximum atomic E-state index is 13.4. The highest BCUT2D eigenvalue weighted by atomic mass is 16.3. The Bertz CT molecular complexity index is 1280. The number of rotatable bonds is 24. The number of aromatic hydroxyl groups is 1. The van der Waals surface area contributed by atoms with Gasteiger partial charge in [0.1, 0.15) is 29.9 Å². The molecule has 280 valence electrons. The first-order chi connectivity index (χ1) is 23.7. The molecule has 0 radical (unpaired) electrons. The lowest BCUT2D eigenvalue weighted by atomic mass is 9.97. The quantitative estimate of drug-likeness (QED) is 0.0524. The second kappa shape index (κ2) is 23.6. The number of nitrogens with two attached hydrogens (primary N) is 3. The Hall–Kier alpha value is -4.77. The number of phenols is 1. The van der Waals surface area contributed by atoms with Crippen LogP contribution in [0.1, 0.15) is 71.3 Å². The van der Waals surface area contributed by atoms with Crippen molar-refractivity contribution in [3.63, 3.8) is 0 Å². The van der Waals surface area contributed by atoms with Crippen molar-refractivity contribution in [2.75, 3.05) is 26.2 Å². The topological polar surface area (TPSA) is 290 Å². The third-order valence-electron chi connectivity index (χ3n) is 7.94. The van der Waals surface area contributed by atoms with Crippen molar-refractivity contribution in [3.8, 4) is 5.75 Å². The molecule has 0 spiro atoms. The predicted molar refractivity (Wildman–Crippen MR) is 186 cm³/mol. The van der Waals surface area contributed by atoms with Crippen molar-refractivity contribution in [1.82, 2.24) is 31.9 Å². The van der Waals surface area contributed by atoms with Gasteiger partial charge in [0.2, 0.25) is 41.4 Å². The molecule has 0 aliphatic carbocycles. The predicted octanol–water partition coefficient (Wildman–Crippen LogP) is -2.08. The van der Waals surface area contributed by atoms with E-state index in [9.17, 15) is 38.7 Å². The maximum Gasteiger partial charge on any atom is 0.243 e. The molecular weight excluding hydrogens is 650 g/mol. The Kier molecular flexibility index (Phi) is 20.4. The standard InChI is InChI=1S/C33H55N9O8/c1-4-20(2)29(33(50)41-25(10-6-8-16-35)32(49)40-24(30(36)47)9-5-7-15-34)42-28(46)19-37-27(45)18-38-31(48)26(39-21(3)43)17-22-11-13-23(44)14-12-22/h11-14,20,24-26,29,44H,4-10,15-19,34-35H2,1-3H3,(H2,36,47)(H,37,45)(H,38,48)(H,39,43)(H,40,49)(H,41,50)(H,42,46)/t20-,24-,25-,26-,29-/m0/s1. The van der Waals surface area contributed by atoms with Gasteiger partial charge in [-0.25, -0.2) is 0 Å². The van der Waals surface area contributed by atoms with Gasteiger partial charge in [0.25, 0.3) is 0 Å². The maximum absolute atomic E-state index is 13.4. The molecule has 0 unspecified atom stereocenters. The highest BCUT2D eigenvalue weighted by Crippen LogP contribution is 2.12. The van der Waals surface area contributed by atoms with Gasteiger partial charge in [-0.05, 0) is 75.2 Å². The molecule has 13 N–H and O–H groups in total. The molecule has 0 aromatic heterocycles. The highest BCUT2D eigenvalue weighted by Gasteiger charge is 2.31. The number of carbonyl (C=O) groups is 7. The van der Waals surface area contributed by atoms with E-state index < -0.39 is 78.6 Å². The van der Waals surface area contributed by atoms with Crippen molar-refractivity contribution >= 4 is 41.4 Å². The monoisotopic (exact) mass is 705 g/mol. The van der Waals surface area contributed by atoms with Gasteiger partial charge in [-0.3, -0.25) is 33.6 Å². The summed E-state index contributed by atoms with van der Waals surface area (Å²) in [6.07, 6.45) is 3.42. The molecule has 0 saturated carbocycles. The fraction of sp³-hybridized carbons (Fsp3) is 0.606. The normalized spacial score (nSPS) is 13.8. The van der Waals surface area contributed by atoms with E-state index in [4.69, 9.17) is 17.2 Å². The minimum Gasteiger partial charge on any atom is -0.508 e. The minimum absolute atomic E-state index is 0.0427. The number of amides is 7. The van der Waals surface area contributed by atoms with Crippen molar-refractivity contribution in [2.24, 2.45) is 23.1 Å². The van der Waals surface area contributed by atoms with Gasteiger partial charge in [0.15, 0.2) is 0 Å². The number of nitrogens with one attached hydrogen (secondary N) is 6. The molecule has 7 amide bonds. The van der Waals surface area contributed by atoms with Crippen LogP contribution in [0.4, 0.5) is 0 Å². The molecule has 0 aliphatic heterocycles. The summed E-state index contributed by atoms with van der Waals surface area (Å²) in [4.78, 5) is 88.4. The van der Waals surface area contributed by atoms with E-state index in [0.717, 1.165) is 0 Å². The average Bonchev–Trinajstić information content (AvgIpc) is 3.07. The van der Waals surface area contributed by atoms with Gasteiger partial charge >= 0.3 is 0 Å². The van der Waals surface area contributed by atoms with Crippen molar-refractivity contribution < 1.29 is 38.7 Å². The van der Waals surface area contributed by atoms with Gasteiger partial charge < -0.3 is 54.2 Å². The summed E-state index contributed by atoms with van der Waals surface area (Å²) in [5.74, 6) is -4.74. The van der Waals surface area contributed by atoms with Gasteiger partial charge in [0, 0.05) is 13.3 Å². The lowest BCUT2D eigenvalue weighted by Gasteiger charge is -2.27. The third kappa shape index (κ3) is 17.1. The number of hydrogen-bond acceptors (Lipinski definition) is 10. The Morgan fingerprint density at radius 3 is 1.80 bits per heavy atom. The number of benzene rings is 1. The van der Waals surface area contributed by atoms with Crippen LogP contribution in [0.5, 0.6) is 5.75 Å². The van der Waals surface area contributed by atoms with Gasteiger partial charge in [0.05, 0.1) is 13.1 Å². The number of hydrogen-bond donors (Lipinski definition) is 10. The smallest absolute Gasteiger partial charge is 0.243 e. The molecule has 5 atom stereocenters. The Morgan fingerprint density at radius 2 is 1.26 bits per heavy atom. The summed E-state index contributed by atoms with van der Waals surface area (Å²) in [6, 6.07) is 2.03. The molecule has 0 aliphatic rings. The van der Waals surface area contributed by atoms with E-state index in [1.54, 1.807) is 19.1 Å². The number of primary amides is 1. The van der Waals surface area contributed by atoms with E-state index in [1.807, 2.05) is 6.92 Å². The second-order valence-corrected chi connectivity index (χ2v) is 12.1. The Balaban J connectivity index is 2.83. The van der Waals surface area contributed by atoms with Gasteiger partial charge in [-0.15, -0.1) is 0 Å². The van der Waals surface area contributed by atoms with Gasteiger partial charge in [-0.2, -0.15) is 0 Å². The SMILES string of the molecule is CC[C@H](C)[C@H](NC(=O)CNC(=O)CNC(=O)[C@H](Cc1ccc(O)cc1)NC(C)=O)C(=O)N[C@@H](CCCCN)C(=O)N[C@@H](CCCCN)C(N)=O. The van der Waals surface area contributed by atoms with Crippen LogP contribution in [-0.4, -0.2) is 96.8 Å². The molecule has 17 nitrogen and oxygen atoms in total. The van der Waals surface area contributed by atoms with Crippen molar-refractivity contribution in [3.05, 3.63) is 29.8 Å².